The van der Waals surface area contributed by atoms with Crippen molar-refractivity contribution < 1.29 is 4.79 Å². The number of fused-ring (bicyclic) bond motifs is 1. The highest BCUT2D eigenvalue weighted by Gasteiger charge is 2.14. The first-order valence-electron chi connectivity index (χ1n) is 6.79. The molecule has 0 saturated heterocycles. The van der Waals surface area contributed by atoms with Crippen molar-refractivity contribution in [2.24, 2.45) is 0 Å². The summed E-state index contributed by atoms with van der Waals surface area (Å²) in [6, 6.07) is 5.73. The molecule has 1 unspecified atom stereocenters. The first kappa shape index (κ1) is 13.5. The second kappa shape index (κ2) is 5.78. The summed E-state index contributed by atoms with van der Waals surface area (Å²) in [4.78, 5) is 15.3. The van der Waals surface area contributed by atoms with Crippen LogP contribution in [0.15, 0.2) is 24.4 Å². The Morgan fingerprint density at radius 3 is 3.00 bits per heavy atom. The Balaban J connectivity index is 2.13. The third-order valence-corrected chi connectivity index (χ3v) is 3.32. The smallest absolute Gasteiger partial charge is 0.253 e. The Morgan fingerprint density at radius 2 is 2.26 bits per heavy atom. The maximum atomic E-state index is 12.2. The molecule has 1 heterocycles. The van der Waals surface area contributed by atoms with Crippen LogP contribution in [0.25, 0.3) is 10.9 Å². The van der Waals surface area contributed by atoms with Crippen molar-refractivity contribution in [3.63, 3.8) is 0 Å². The van der Waals surface area contributed by atoms with Gasteiger partial charge in [-0.15, -0.1) is 0 Å². The average molecular weight is 259 g/mol. The Kier molecular flexibility index (Phi) is 4.10. The molecule has 0 bridgehead atoms. The van der Waals surface area contributed by atoms with Crippen LogP contribution in [0.1, 0.15) is 43.5 Å². The fraction of sp³-hybridized carbons (Fsp3) is 0.400. The van der Waals surface area contributed by atoms with Gasteiger partial charge in [-0.3, -0.25) is 4.79 Å². The van der Waals surface area contributed by atoms with Gasteiger partial charge in [0.05, 0.1) is 5.56 Å². The Labute approximate surface area is 113 Å². The molecule has 4 N–H and O–H groups in total. The highest BCUT2D eigenvalue weighted by molar-refractivity contribution is 6.07. The molecule has 4 heteroatoms. The normalized spacial score (nSPS) is 12.5. The predicted octanol–water partition coefficient (Wildman–Crippen LogP) is 3.06. The minimum Gasteiger partial charge on any atom is -0.399 e. The van der Waals surface area contributed by atoms with E-state index in [4.69, 9.17) is 5.73 Å². The van der Waals surface area contributed by atoms with Gasteiger partial charge in [0.25, 0.3) is 5.91 Å². The number of nitrogens with one attached hydrogen (secondary N) is 2. The maximum absolute atomic E-state index is 12.2. The molecule has 0 saturated carbocycles. The minimum atomic E-state index is -0.0281. The van der Waals surface area contributed by atoms with Crippen LogP contribution in [-0.2, 0) is 0 Å². The van der Waals surface area contributed by atoms with Crippen molar-refractivity contribution in [2.45, 2.75) is 39.2 Å². The van der Waals surface area contributed by atoms with Gasteiger partial charge in [0.15, 0.2) is 0 Å². The first-order chi connectivity index (χ1) is 9.11. The van der Waals surface area contributed by atoms with Crippen molar-refractivity contribution >= 4 is 22.5 Å². The third kappa shape index (κ3) is 3.08. The Bertz CT molecular complexity index is 574. The third-order valence-electron chi connectivity index (χ3n) is 3.32. The molecule has 2 aromatic rings. The van der Waals surface area contributed by atoms with Gasteiger partial charge in [0.2, 0.25) is 0 Å². The average Bonchev–Trinajstić information content (AvgIpc) is 2.79. The zero-order valence-corrected chi connectivity index (χ0v) is 11.5. The zero-order valence-electron chi connectivity index (χ0n) is 11.5. The fourth-order valence-electron chi connectivity index (χ4n) is 2.22. The maximum Gasteiger partial charge on any atom is 0.253 e. The number of anilines is 1. The van der Waals surface area contributed by atoms with Crippen molar-refractivity contribution in [1.29, 1.82) is 0 Å². The largest absolute Gasteiger partial charge is 0.399 e. The molecule has 0 aliphatic carbocycles. The lowest BCUT2D eigenvalue weighted by Gasteiger charge is -2.12. The summed E-state index contributed by atoms with van der Waals surface area (Å²) in [6.45, 7) is 4.19. The van der Waals surface area contributed by atoms with E-state index in [2.05, 4.69) is 17.2 Å². The number of rotatable bonds is 5. The first-order valence-corrected chi connectivity index (χ1v) is 6.79. The van der Waals surface area contributed by atoms with E-state index in [0.29, 0.717) is 11.3 Å². The van der Waals surface area contributed by atoms with Crippen LogP contribution in [0.4, 0.5) is 5.69 Å². The molecule has 102 valence electrons. The van der Waals surface area contributed by atoms with E-state index in [9.17, 15) is 4.79 Å². The summed E-state index contributed by atoms with van der Waals surface area (Å²) in [5.41, 5.74) is 7.99. The van der Waals surface area contributed by atoms with Crippen LogP contribution >= 0.6 is 0 Å². The number of hydrogen-bond donors (Lipinski definition) is 3. The monoisotopic (exact) mass is 259 g/mol. The van der Waals surface area contributed by atoms with E-state index < -0.39 is 0 Å². The van der Waals surface area contributed by atoms with Gasteiger partial charge in [-0.25, -0.2) is 0 Å². The lowest BCUT2D eigenvalue weighted by molar-refractivity contribution is 0.0939. The van der Waals surface area contributed by atoms with Gasteiger partial charge in [-0.2, -0.15) is 0 Å². The summed E-state index contributed by atoms with van der Waals surface area (Å²) in [6.07, 6.45) is 5.03. The van der Waals surface area contributed by atoms with Gasteiger partial charge in [-0.05, 0) is 31.5 Å². The lowest BCUT2D eigenvalue weighted by Crippen LogP contribution is -2.32. The van der Waals surface area contributed by atoms with Gasteiger partial charge in [0.1, 0.15) is 0 Å². The van der Waals surface area contributed by atoms with Crippen molar-refractivity contribution in [3.8, 4) is 0 Å². The minimum absolute atomic E-state index is 0.0281. The number of carbonyl (C=O) groups excluding carboxylic acids is 1. The van der Waals surface area contributed by atoms with E-state index >= 15 is 0 Å². The standard InChI is InChI=1S/C15H21N3O/c1-3-4-5-10(2)18-15(19)13-9-17-14-8-11(16)6-7-12(13)14/h6-10,17H,3-5,16H2,1-2H3,(H,18,19). The molecule has 1 aromatic carbocycles. The van der Waals surface area contributed by atoms with Crippen LogP contribution in [0, 0.1) is 0 Å². The van der Waals surface area contributed by atoms with E-state index in [0.717, 1.165) is 30.2 Å². The van der Waals surface area contributed by atoms with Crippen LogP contribution in [0.2, 0.25) is 0 Å². The van der Waals surface area contributed by atoms with E-state index in [1.165, 1.54) is 0 Å². The summed E-state index contributed by atoms with van der Waals surface area (Å²) in [7, 11) is 0. The number of H-pyrrole nitrogens is 1. The summed E-state index contributed by atoms with van der Waals surface area (Å²) in [5.74, 6) is -0.0281. The molecule has 0 fully saturated rings. The van der Waals surface area contributed by atoms with Gasteiger partial charge in [-0.1, -0.05) is 19.8 Å². The second-order valence-electron chi connectivity index (χ2n) is 5.02. The van der Waals surface area contributed by atoms with Crippen LogP contribution in [0.5, 0.6) is 0 Å². The molecule has 1 atom stereocenters. The van der Waals surface area contributed by atoms with E-state index in [1.807, 2.05) is 25.1 Å². The topological polar surface area (TPSA) is 70.9 Å². The number of carbonyl (C=O) groups is 1. The molecular formula is C15H21N3O. The number of nitrogens with two attached hydrogens (primary N) is 1. The molecule has 0 aliphatic heterocycles. The number of benzene rings is 1. The lowest BCUT2D eigenvalue weighted by atomic mass is 10.1. The molecule has 1 aromatic heterocycles. The quantitative estimate of drug-likeness (QED) is 0.722. The number of hydrogen-bond acceptors (Lipinski definition) is 2. The number of amides is 1. The highest BCUT2D eigenvalue weighted by Crippen LogP contribution is 2.20. The van der Waals surface area contributed by atoms with Crippen molar-refractivity contribution in [1.82, 2.24) is 10.3 Å². The Hall–Kier alpha value is -1.97. The number of aromatic nitrogens is 1. The Morgan fingerprint density at radius 1 is 1.47 bits per heavy atom. The van der Waals surface area contributed by atoms with Crippen molar-refractivity contribution in [2.75, 3.05) is 5.73 Å². The number of aromatic amines is 1. The molecule has 4 nitrogen and oxygen atoms in total. The summed E-state index contributed by atoms with van der Waals surface area (Å²) in [5, 5.41) is 3.95. The van der Waals surface area contributed by atoms with Gasteiger partial charge in [0, 0.05) is 28.8 Å². The predicted molar refractivity (Wildman–Crippen MR) is 79.2 cm³/mol. The molecule has 0 radical (unpaired) electrons. The molecule has 19 heavy (non-hydrogen) atoms. The van der Waals surface area contributed by atoms with E-state index in [-0.39, 0.29) is 11.9 Å². The SMILES string of the molecule is CCCCC(C)NC(=O)c1c[nH]c2cc(N)ccc12. The summed E-state index contributed by atoms with van der Waals surface area (Å²) < 4.78 is 0. The molecule has 0 spiro atoms. The van der Waals surface area contributed by atoms with Crippen LogP contribution in [-0.4, -0.2) is 16.9 Å². The highest BCUT2D eigenvalue weighted by atomic mass is 16.1. The van der Waals surface area contributed by atoms with Crippen molar-refractivity contribution in [3.05, 3.63) is 30.0 Å². The fourth-order valence-corrected chi connectivity index (χ4v) is 2.22. The number of nitrogen functional groups attached to an aromatic ring is 1. The molecule has 1 amide bonds. The number of unbranched alkanes of at least 4 members (excludes halogenated alkanes) is 1. The van der Waals surface area contributed by atoms with Gasteiger partial charge >= 0.3 is 0 Å². The zero-order chi connectivity index (χ0) is 13.8. The molecular weight excluding hydrogens is 238 g/mol. The van der Waals surface area contributed by atoms with Crippen LogP contribution in [0.3, 0.4) is 0 Å². The van der Waals surface area contributed by atoms with E-state index in [1.54, 1.807) is 6.20 Å². The molecule has 0 aliphatic rings. The van der Waals surface area contributed by atoms with Gasteiger partial charge < -0.3 is 16.0 Å². The summed E-state index contributed by atoms with van der Waals surface area (Å²) >= 11 is 0. The van der Waals surface area contributed by atoms with Crippen LogP contribution < -0.4 is 11.1 Å². The second-order valence-corrected chi connectivity index (χ2v) is 5.02. The molecule has 2 rings (SSSR count).